The van der Waals surface area contributed by atoms with Crippen LogP contribution in [0.1, 0.15) is 6.92 Å². The molecular weight excluding hydrogens is 245 g/mol. The number of anilines is 1. The standard InChI is InChI=1S/C14H20FN3O/c1-11(10-18-8-6-16-7-9-18)14(19)17-13-5-3-2-4-12(13)15/h2-5,11,16H,6-10H2,1H3,(H,17,19). The topological polar surface area (TPSA) is 44.4 Å². The van der Waals surface area contributed by atoms with Gasteiger partial charge in [-0.15, -0.1) is 0 Å². The van der Waals surface area contributed by atoms with E-state index in [4.69, 9.17) is 0 Å². The van der Waals surface area contributed by atoms with Crippen molar-refractivity contribution in [1.29, 1.82) is 0 Å². The van der Waals surface area contributed by atoms with Gasteiger partial charge in [-0.25, -0.2) is 4.39 Å². The lowest BCUT2D eigenvalue weighted by Gasteiger charge is -2.29. The van der Waals surface area contributed by atoms with E-state index < -0.39 is 5.82 Å². The Balaban J connectivity index is 1.87. The monoisotopic (exact) mass is 265 g/mol. The highest BCUT2D eigenvalue weighted by Gasteiger charge is 2.19. The second-order valence-electron chi connectivity index (χ2n) is 4.92. The van der Waals surface area contributed by atoms with Crippen molar-refractivity contribution in [1.82, 2.24) is 10.2 Å². The zero-order valence-electron chi connectivity index (χ0n) is 11.2. The number of nitrogens with zero attached hydrogens (tertiary/aromatic N) is 1. The van der Waals surface area contributed by atoms with Gasteiger partial charge in [0.05, 0.1) is 5.69 Å². The number of piperazine rings is 1. The van der Waals surface area contributed by atoms with Crippen LogP contribution in [0.4, 0.5) is 10.1 Å². The summed E-state index contributed by atoms with van der Waals surface area (Å²) in [6, 6.07) is 6.23. The number of carbonyl (C=O) groups is 1. The molecule has 1 unspecified atom stereocenters. The molecule has 2 rings (SSSR count). The fraction of sp³-hybridized carbons (Fsp3) is 0.500. The summed E-state index contributed by atoms with van der Waals surface area (Å²) in [6.45, 7) is 6.41. The highest BCUT2D eigenvalue weighted by atomic mass is 19.1. The molecule has 1 amide bonds. The highest BCUT2D eigenvalue weighted by molar-refractivity contribution is 5.92. The van der Waals surface area contributed by atoms with Crippen molar-refractivity contribution < 1.29 is 9.18 Å². The molecule has 2 N–H and O–H groups in total. The number of benzene rings is 1. The number of hydrogen-bond acceptors (Lipinski definition) is 3. The van der Waals surface area contributed by atoms with Crippen molar-refractivity contribution in [3.8, 4) is 0 Å². The Bertz CT molecular complexity index is 432. The van der Waals surface area contributed by atoms with Gasteiger partial charge in [0.1, 0.15) is 5.82 Å². The Hall–Kier alpha value is -1.46. The van der Waals surface area contributed by atoms with E-state index in [1.807, 2.05) is 6.92 Å². The van der Waals surface area contributed by atoms with Gasteiger partial charge in [-0.3, -0.25) is 4.79 Å². The number of carbonyl (C=O) groups excluding carboxylic acids is 1. The summed E-state index contributed by atoms with van der Waals surface area (Å²) in [6.07, 6.45) is 0. The smallest absolute Gasteiger partial charge is 0.228 e. The predicted molar refractivity (Wildman–Crippen MR) is 73.5 cm³/mol. The normalized spacial score (nSPS) is 18.0. The summed E-state index contributed by atoms with van der Waals surface area (Å²) in [5.74, 6) is -0.688. The molecule has 4 nitrogen and oxygen atoms in total. The van der Waals surface area contributed by atoms with Gasteiger partial charge in [-0.2, -0.15) is 0 Å². The first-order valence-corrected chi connectivity index (χ1v) is 6.65. The molecule has 1 saturated heterocycles. The number of amides is 1. The van der Waals surface area contributed by atoms with Crippen molar-refractivity contribution in [2.75, 3.05) is 38.0 Å². The predicted octanol–water partition coefficient (Wildman–Crippen LogP) is 1.31. The molecule has 19 heavy (non-hydrogen) atoms. The summed E-state index contributed by atoms with van der Waals surface area (Å²) < 4.78 is 13.4. The lowest BCUT2D eigenvalue weighted by Crippen LogP contribution is -2.46. The lowest BCUT2D eigenvalue weighted by molar-refractivity contribution is -0.120. The van der Waals surface area contributed by atoms with Crippen LogP contribution < -0.4 is 10.6 Å². The molecule has 0 aromatic heterocycles. The van der Waals surface area contributed by atoms with E-state index in [0.717, 1.165) is 26.2 Å². The van der Waals surface area contributed by atoms with E-state index in [1.54, 1.807) is 18.2 Å². The summed E-state index contributed by atoms with van der Waals surface area (Å²) in [5.41, 5.74) is 0.250. The van der Waals surface area contributed by atoms with Crippen molar-refractivity contribution in [3.63, 3.8) is 0 Å². The number of nitrogens with one attached hydrogen (secondary N) is 2. The average Bonchev–Trinajstić information content (AvgIpc) is 2.42. The maximum Gasteiger partial charge on any atom is 0.228 e. The molecule has 0 bridgehead atoms. The third kappa shape index (κ3) is 4.01. The molecule has 0 spiro atoms. The van der Waals surface area contributed by atoms with E-state index >= 15 is 0 Å². The first kappa shape index (κ1) is 14.0. The number of para-hydroxylation sites is 1. The minimum absolute atomic E-state index is 0.136. The molecule has 1 heterocycles. The van der Waals surface area contributed by atoms with Gasteiger partial charge in [0.25, 0.3) is 0 Å². The van der Waals surface area contributed by atoms with Gasteiger partial charge >= 0.3 is 0 Å². The van der Waals surface area contributed by atoms with E-state index in [-0.39, 0.29) is 17.5 Å². The van der Waals surface area contributed by atoms with E-state index in [1.165, 1.54) is 6.07 Å². The minimum Gasteiger partial charge on any atom is -0.323 e. The molecule has 5 heteroatoms. The largest absolute Gasteiger partial charge is 0.323 e. The van der Waals surface area contributed by atoms with Gasteiger partial charge < -0.3 is 15.5 Å². The third-order valence-electron chi connectivity index (χ3n) is 3.32. The molecule has 0 radical (unpaired) electrons. The number of rotatable bonds is 4. The minimum atomic E-state index is -0.398. The summed E-state index contributed by atoms with van der Waals surface area (Å²) in [7, 11) is 0. The first-order valence-electron chi connectivity index (χ1n) is 6.65. The lowest BCUT2D eigenvalue weighted by atomic mass is 10.1. The van der Waals surface area contributed by atoms with Gasteiger partial charge in [0.2, 0.25) is 5.91 Å². The van der Waals surface area contributed by atoms with Crippen LogP contribution in [0.2, 0.25) is 0 Å². The molecule has 0 aliphatic carbocycles. The quantitative estimate of drug-likeness (QED) is 0.862. The maximum atomic E-state index is 13.4. The van der Waals surface area contributed by atoms with E-state index in [0.29, 0.717) is 6.54 Å². The molecule has 0 saturated carbocycles. The van der Waals surface area contributed by atoms with E-state index in [2.05, 4.69) is 15.5 Å². The van der Waals surface area contributed by atoms with Crippen LogP contribution in [0, 0.1) is 11.7 Å². The van der Waals surface area contributed by atoms with Gasteiger partial charge in [-0.1, -0.05) is 19.1 Å². The summed E-state index contributed by atoms with van der Waals surface area (Å²) in [5, 5.41) is 5.92. The molecule has 1 aliphatic rings. The zero-order chi connectivity index (χ0) is 13.7. The van der Waals surface area contributed by atoms with Crippen LogP contribution in [-0.4, -0.2) is 43.5 Å². The Morgan fingerprint density at radius 2 is 2.11 bits per heavy atom. The van der Waals surface area contributed by atoms with Crippen LogP contribution in [0.15, 0.2) is 24.3 Å². The molecule has 1 aliphatic heterocycles. The summed E-state index contributed by atoms with van der Waals surface area (Å²) >= 11 is 0. The fourth-order valence-electron chi connectivity index (χ4n) is 2.18. The van der Waals surface area contributed by atoms with Gasteiger partial charge in [-0.05, 0) is 12.1 Å². The molecule has 1 atom stereocenters. The van der Waals surface area contributed by atoms with Crippen LogP contribution >= 0.6 is 0 Å². The van der Waals surface area contributed by atoms with Crippen LogP contribution in [0.5, 0.6) is 0 Å². The third-order valence-corrected chi connectivity index (χ3v) is 3.32. The van der Waals surface area contributed by atoms with Crippen LogP contribution in [0.25, 0.3) is 0 Å². The van der Waals surface area contributed by atoms with Crippen LogP contribution in [0.3, 0.4) is 0 Å². The zero-order valence-corrected chi connectivity index (χ0v) is 11.2. The van der Waals surface area contributed by atoms with Gasteiger partial charge in [0.15, 0.2) is 0 Å². The molecule has 104 valence electrons. The second-order valence-corrected chi connectivity index (χ2v) is 4.92. The van der Waals surface area contributed by atoms with Crippen molar-refractivity contribution in [2.45, 2.75) is 6.92 Å². The maximum absolute atomic E-state index is 13.4. The molecular formula is C14H20FN3O. The summed E-state index contributed by atoms with van der Waals surface area (Å²) in [4.78, 5) is 14.3. The second kappa shape index (κ2) is 6.63. The van der Waals surface area contributed by atoms with Crippen molar-refractivity contribution >= 4 is 11.6 Å². The van der Waals surface area contributed by atoms with E-state index in [9.17, 15) is 9.18 Å². The average molecular weight is 265 g/mol. The van der Waals surface area contributed by atoms with Crippen LogP contribution in [-0.2, 0) is 4.79 Å². The van der Waals surface area contributed by atoms with Crippen molar-refractivity contribution in [2.24, 2.45) is 5.92 Å². The fourth-order valence-corrected chi connectivity index (χ4v) is 2.18. The molecule has 1 fully saturated rings. The Labute approximate surface area is 113 Å². The SMILES string of the molecule is CC(CN1CCNCC1)C(=O)Nc1ccccc1F. The van der Waals surface area contributed by atoms with Gasteiger partial charge in [0, 0.05) is 38.6 Å². The highest BCUT2D eigenvalue weighted by Crippen LogP contribution is 2.14. The number of halogens is 1. The van der Waals surface area contributed by atoms with Crippen molar-refractivity contribution in [3.05, 3.63) is 30.1 Å². The first-order chi connectivity index (χ1) is 9.16. The number of hydrogen-bond donors (Lipinski definition) is 2. The Morgan fingerprint density at radius 3 is 2.79 bits per heavy atom. The molecule has 1 aromatic carbocycles. The Morgan fingerprint density at radius 1 is 1.42 bits per heavy atom. The Kier molecular flexibility index (Phi) is 4.87. The molecule has 1 aromatic rings.